The van der Waals surface area contributed by atoms with Crippen molar-refractivity contribution in [3.05, 3.63) is 36.0 Å². The zero-order valence-corrected chi connectivity index (χ0v) is 13.7. The quantitative estimate of drug-likeness (QED) is 0.861. The highest BCUT2D eigenvalue weighted by atomic mass is 15.2. The number of para-hydroxylation sites is 1. The van der Waals surface area contributed by atoms with Gasteiger partial charge in [-0.15, -0.1) is 0 Å². The number of rotatable bonds is 3. The van der Waals surface area contributed by atoms with Crippen LogP contribution in [0.15, 0.2) is 30.5 Å². The van der Waals surface area contributed by atoms with Gasteiger partial charge in [-0.3, -0.25) is 9.80 Å². The average molecular weight is 297 g/mol. The van der Waals surface area contributed by atoms with E-state index in [1.165, 1.54) is 68.3 Å². The van der Waals surface area contributed by atoms with Crippen LogP contribution in [0, 0.1) is 0 Å². The first-order valence-corrected chi connectivity index (χ1v) is 8.80. The van der Waals surface area contributed by atoms with Crippen molar-refractivity contribution in [1.29, 1.82) is 0 Å². The van der Waals surface area contributed by atoms with E-state index in [1.807, 2.05) is 0 Å². The lowest BCUT2D eigenvalue weighted by Gasteiger charge is -2.37. The van der Waals surface area contributed by atoms with Crippen LogP contribution in [0.25, 0.3) is 10.9 Å². The molecule has 3 heterocycles. The topological polar surface area (TPSA) is 11.4 Å². The van der Waals surface area contributed by atoms with E-state index in [0.717, 1.165) is 12.6 Å². The molecule has 1 atom stereocenters. The fourth-order valence-electron chi connectivity index (χ4n) is 4.37. The summed E-state index contributed by atoms with van der Waals surface area (Å²) in [4.78, 5) is 5.41. The SMILES string of the molecule is Cn1cc(CN2CCCC(N3CCCC3)C2)c2ccccc21. The summed E-state index contributed by atoms with van der Waals surface area (Å²) in [6.45, 7) is 6.27. The van der Waals surface area contributed by atoms with E-state index in [-0.39, 0.29) is 0 Å². The number of aryl methyl sites for hydroxylation is 1. The molecule has 1 aromatic carbocycles. The van der Waals surface area contributed by atoms with Gasteiger partial charge in [-0.1, -0.05) is 18.2 Å². The molecule has 4 rings (SSSR count). The van der Waals surface area contributed by atoms with Gasteiger partial charge in [-0.25, -0.2) is 0 Å². The van der Waals surface area contributed by atoms with Crippen LogP contribution < -0.4 is 0 Å². The van der Waals surface area contributed by atoms with Crippen LogP contribution in [-0.4, -0.2) is 46.6 Å². The molecular formula is C19H27N3. The van der Waals surface area contributed by atoms with Crippen LogP contribution in [0.5, 0.6) is 0 Å². The summed E-state index contributed by atoms with van der Waals surface area (Å²) in [5, 5.41) is 1.42. The highest BCUT2D eigenvalue weighted by molar-refractivity contribution is 5.83. The molecule has 2 aromatic rings. The molecular weight excluding hydrogens is 270 g/mol. The number of likely N-dealkylation sites (tertiary alicyclic amines) is 2. The minimum atomic E-state index is 0.797. The molecule has 0 saturated carbocycles. The third-order valence-corrected chi connectivity index (χ3v) is 5.51. The van der Waals surface area contributed by atoms with Crippen LogP contribution in [0.4, 0.5) is 0 Å². The molecule has 0 radical (unpaired) electrons. The van der Waals surface area contributed by atoms with Crippen LogP contribution in [0.1, 0.15) is 31.2 Å². The molecule has 0 bridgehead atoms. The summed E-state index contributed by atoms with van der Waals surface area (Å²) in [5.74, 6) is 0. The number of hydrogen-bond acceptors (Lipinski definition) is 2. The molecule has 0 N–H and O–H groups in total. The van der Waals surface area contributed by atoms with Gasteiger partial charge in [0.2, 0.25) is 0 Å². The maximum atomic E-state index is 2.73. The van der Waals surface area contributed by atoms with E-state index in [2.05, 4.69) is 51.9 Å². The minimum Gasteiger partial charge on any atom is -0.350 e. The van der Waals surface area contributed by atoms with E-state index in [1.54, 1.807) is 0 Å². The molecule has 2 aliphatic rings. The molecule has 3 nitrogen and oxygen atoms in total. The van der Waals surface area contributed by atoms with Gasteiger partial charge in [0.05, 0.1) is 0 Å². The van der Waals surface area contributed by atoms with Crippen molar-refractivity contribution in [3.63, 3.8) is 0 Å². The Bertz CT molecular complexity index is 639. The fraction of sp³-hybridized carbons (Fsp3) is 0.579. The molecule has 0 aliphatic carbocycles. The fourth-order valence-corrected chi connectivity index (χ4v) is 4.37. The van der Waals surface area contributed by atoms with Crippen molar-refractivity contribution in [2.24, 2.45) is 7.05 Å². The molecule has 0 spiro atoms. The Morgan fingerprint density at radius 1 is 1.05 bits per heavy atom. The Labute approximate surface area is 133 Å². The minimum absolute atomic E-state index is 0.797. The Morgan fingerprint density at radius 2 is 1.86 bits per heavy atom. The number of nitrogens with zero attached hydrogens (tertiary/aromatic N) is 3. The lowest BCUT2D eigenvalue weighted by Crippen LogP contribution is -2.46. The monoisotopic (exact) mass is 297 g/mol. The van der Waals surface area contributed by atoms with Crippen molar-refractivity contribution in [2.75, 3.05) is 26.2 Å². The molecule has 0 amide bonds. The molecule has 2 saturated heterocycles. The Morgan fingerprint density at radius 3 is 2.73 bits per heavy atom. The molecule has 2 fully saturated rings. The molecule has 1 unspecified atom stereocenters. The standard InChI is InChI=1S/C19H27N3/c1-20-13-16(18-8-2-3-9-19(18)20)14-21-10-6-7-17(15-21)22-11-4-5-12-22/h2-3,8-9,13,17H,4-7,10-12,14-15H2,1H3. The van der Waals surface area contributed by atoms with Crippen molar-refractivity contribution >= 4 is 10.9 Å². The van der Waals surface area contributed by atoms with Gasteiger partial charge in [-0.05, 0) is 56.9 Å². The summed E-state index contributed by atoms with van der Waals surface area (Å²) in [5.41, 5.74) is 2.84. The predicted molar refractivity (Wildman–Crippen MR) is 92.0 cm³/mol. The second-order valence-electron chi connectivity index (χ2n) is 7.06. The highest BCUT2D eigenvalue weighted by Gasteiger charge is 2.27. The van der Waals surface area contributed by atoms with Crippen molar-refractivity contribution in [1.82, 2.24) is 14.4 Å². The molecule has 118 valence electrons. The number of hydrogen-bond donors (Lipinski definition) is 0. The number of fused-ring (bicyclic) bond motifs is 1. The summed E-state index contributed by atoms with van der Waals surface area (Å²) >= 11 is 0. The highest BCUT2D eigenvalue weighted by Crippen LogP contribution is 2.25. The van der Waals surface area contributed by atoms with Gasteiger partial charge in [0.15, 0.2) is 0 Å². The molecule has 2 aliphatic heterocycles. The zero-order chi connectivity index (χ0) is 14.9. The smallest absolute Gasteiger partial charge is 0.0481 e. The first kappa shape index (κ1) is 14.3. The summed E-state index contributed by atoms with van der Waals surface area (Å²) < 4.78 is 2.27. The van der Waals surface area contributed by atoms with E-state index < -0.39 is 0 Å². The maximum absolute atomic E-state index is 2.73. The van der Waals surface area contributed by atoms with E-state index in [9.17, 15) is 0 Å². The van der Waals surface area contributed by atoms with Crippen molar-refractivity contribution < 1.29 is 0 Å². The van der Waals surface area contributed by atoms with Gasteiger partial charge >= 0.3 is 0 Å². The second kappa shape index (κ2) is 6.05. The van der Waals surface area contributed by atoms with E-state index in [0.29, 0.717) is 0 Å². The summed E-state index contributed by atoms with van der Waals surface area (Å²) in [6, 6.07) is 9.59. The first-order chi connectivity index (χ1) is 10.8. The Kier molecular flexibility index (Phi) is 3.93. The second-order valence-corrected chi connectivity index (χ2v) is 7.06. The van der Waals surface area contributed by atoms with Crippen molar-refractivity contribution in [3.8, 4) is 0 Å². The lowest BCUT2D eigenvalue weighted by molar-refractivity contribution is 0.111. The van der Waals surface area contributed by atoms with E-state index in [4.69, 9.17) is 0 Å². The number of aromatic nitrogens is 1. The molecule has 3 heteroatoms. The largest absolute Gasteiger partial charge is 0.350 e. The van der Waals surface area contributed by atoms with Crippen LogP contribution in [-0.2, 0) is 13.6 Å². The Hall–Kier alpha value is -1.32. The summed E-state index contributed by atoms with van der Waals surface area (Å²) in [6.07, 6.45) is 7.88. The van der Waals surface area contributed by atoms with Gasteiger partial charge in [0.25, 0.3) is 0 Å². The average Bonchev–Trinajstić information content (AvgIpc) is 3.18. The normalized spacial score (nSPS) is 24.3. The summed E-state index contributed by atoms with van der Waals surface area (Å²) in [7, 11) is 2.16. The number of benzene rings is 1. The lowest BCUT2D eigenvalue weighted by atomic mass is 10.0. The van der Waals surface area contributed by atoms with Crippen LogP contribution in [0.2, 0.25) is 0 Å². The van der Waals surface area contributed by atoms with E-state index >= 15 is 0 Å². The number of piperidine rings is 1. The van der Waals surface area contributed by atoms with Gasteiger partial charge in [0, 0.05) is 43.3 Å². The maximum Gasteiger partial charge on any atom is 0.0481 e. The molecule has 1 aromatic heterocycles. The van der Waals surface area contributed by atoms with Gasteiger partial charge in [-0.2, -0.15) is 0 Å². The third-order valence-electron chi connectivity index (χ3n) is 5.51. The first-order valence-electron chi connectivity index (χ1n) is 8.80. The third kappa shape index (κ3) is 2.68. The van der Waals surface area contributed by atoms with Crippen molar-refractivity contribution in [2.45, 2.75) is 38.3 Å². The van der Waals surface area contributed by atoms with Gasteiger partial charge < -0.3 is 4.57 Å². The van der Waals surface area contributed by atoms with Crippen LogP contribution in [0.3, 0.4) is 0 Å². The predicted octanol–water partition coefficient (Wildman–Crippen LogP) is 3.24. The molecule has 22 heavy (non-hydrogen) atoms. The zero-order valence-electron chi connectivity index (χ0n) is 13.7. The van der Waals surface area contributed by atoms with Gasteiger partial charge in [0.1, 0.15) is 0 Å². The van der Waals surface area contributed by atoms with Crippen LogP contribution >= 0.6 is 0 Å². The Balaban J connectivity index is 1.49.